The molecule has 0 unspecified atom stereocenters. The number of carbonyl (C=O) groups is 2. The van der Waals surface area contributed by atoms with Crippen LogP contribution in [0.1, 0.15) is 45.3 Å². The Labute approximate surface area is 157 Å². The molecule has 1 fully saturated rings. The molecule has 1 aliphatic rings. The molecule has 0 saturated carbocycles. The normalized spacial score (nSPS) is 14.9. The summed E-state index contributed by atoms with van der Waals surface area (Å²) < 4.78 is 12.3. The Balaban J connectivity index is 1.71. The second kappa shape index (κ2) is 7.69. The number of methoxy groups -OCH3 is 2. The summed E-state index contributed by atoms with van der Waals surface area (Å²) in [6.07, 6.45) is 2.81. The van der Waals surface area contributed by atoms with Gasteiger partial charge in [-0.05, 0) is 31.9 Å². The number of carboxylic acid groups (broad SMARTS) is 1. The molecule has 1 aromatic heterocycles. The third-order valence-corrected chi connectivity index (χ3v) is 5.01. The number of hydrogen-bond acceptors (Lipinski definition) is 5. The number of ether oxygens (including phenoxy) is 2. The Morgan fingerprint density at radius 3 is 2.41 bits per heavy atom. The maximum atomic E-state index is 12.9. The first-order valence-electron chi connectivity index (χ1n) is 8.75. The molecular formula is C19H23N3O5. The summed E-state index contributed by atoms with van der Waals surface area (Å²) in [5, 5.41) is 13.4. The monoisotopic (exact) mass is 373 g/mol. The first kappa shape index (κ1) is 18.8. The van der Waals surface area contributed by atoms with E-state index in [0.717, 1.165) is 0 Å². The lowest BCUT2D eigenvalue weighted by Crippen LogP contribution is -2.39. The predicted molar refractivity (Wildman–Crippen MR) is 97.6 cm³/mol. The number of aromatic carboxylic acids is 1. The van der Waals surface area contributed by atoms with Crippen molar-refractivity contribution in [2.24, 2.45) is 0 Å². The van der Waals surface area contributed by atoms with Gasteiger partial charge < -0.3 is 19.5 Å². The lowest BCUT2D eigenvalue weighted by Gasteiger charge is -2.33. The van der Waals surface area contributed by atoms with Gasteiger partial charge in [-0.3, -0.25) is 9.48 Å². The molecule has 27 heavy (non-hydrogen) atoms. The van der Waals surface area contributed by atoms with Crippen molar-refractivity contribution in [3.05, 3.63) is 41.2 Å². The number of carboxylic acids is 1. The predicted octanol–water partition coefficient (Wildman–Crippen LogP) is 2.38. The molecule has 2 heterocycles. The highest BCUT2D eigenvalue weighted by Gasteiger charge is 2.28. The van der Waals surface area contributed by atoms with Gasteiger partial charge in [-0.1, -0.05) is 0 Å². The largest absolute Gasteiger partial charge is 0.497 e. The van der Waals surface area contributed by atoms with E-state index in [1.165, 1.54) is 13.3 Å². The molecular weight excluding hydrogens is 350 g/mol. The van der Waals surface area contributed by atoms with Crippen LogP contribution in [0, 0.1) is 6.92 Å². The molecule has 2 aromatic rings. The molecule has 1 aliphatic heterocycles. The summed E-state index contributed by atoms with van der Waals surface area (Å²) >= 11 is 0. The van der Waals surface area contributed by atoms with Gasteiger partial charge in [-0.2, -0.15) is 5.10 Å². The zero-order chi connectivity index (χ0) is 19.6. The van der Waals surface area contributed by atoms with Crippen molar-refractivity contribution in [3.8, 4) is 11.5 Å². The molecule has 1 N–H and O–H groups in total. The van der Waals surface area contributed by atoms with Gasteiger partial charge in [0.1, 0.15) is 17.1 Å². The molecule has 8 nitrogen and oxygen atoms in total. The van der Waals surface area contributed by atoms with Gasteiger partial charge in [-0.15, -0.1) is 0 Å². The van der Waals surface area contributed by atoms with Crippen LogP contribution in [-0.2, 0) is 0 Å². The van der Waals surface area contributed by atoms with E-state index in [1.54, 1.807) is 41.8 Å². The van der Waals surface area contributed by atoms with Crippen LogP contribution in [0.2, 0.25) is 0 Å². The molecule has 0 aliphatic carbocycles. The Morgan fingerprint density at radius 1 is 1.15 bits per heavy atom. The molecule has 8 heteroatoms. The van der Waals surface area contributed by atoms with Crippen molar-refractivity contribution < 1.29 is 24.2 Å². The number of benzene rings is 1. The van der Waals surface area contributed by atoms with Crippen LogP contribution < -0.4 is 9.47 Å². The number of likely N-dealkylation sites (tertiary alicyclic amines) is 1. The highest BCUT2D eigenvalue weighted by Crippen LogP contribution is 2.29. The molecule has 3 rings (SSSR count). The number of rotatable bonds is 5. The Hall–Kier alpha value is -3.03. The van der Waals surface area contributed by atoms with E-state index < -0.39 is 5.97 Å². The summed E-state index contributed by atoms with van der Waals surface area (Å²) in [5.74, 6) is 0.0512. The minimum atomic E-state index is -0.974. The van der Waals surface area contributed by atoms with Crippen molar-refractivity contribution in [3.63, 3.8) is 0 Å². The van der Waals surface area contributed by atoms with E-state index in [2.05, 4.69) is 5.10 Å². The van der Waals surface area contributed by atoms with Crippen molar-refractivity contribution in [2.75, 3.05) is 27.3 Å². The van der Waals surface area contributed by atoms with Gasteiger partial charge in [0.15, 0.2) is 0 Å². The second-order valence-corrected chi connectivity index (χ2v) is 6.48. The molecule has 144 valence electrons. The van der Waals surface area contributed by atoms with Crippen LogP contribution in [0.5, 0.6) is 11.5 Å². The number of piperidine rings is 1. The van der Waals surface area contributed by atoms with Crippen molar-refractivity contribution in [1.82, 2.24) is 14.7 Å². The van der Waals surface area contributed by atoms with E-state index in [0.29, 0.717) is 48.7 Å². The molecule has 1 aromatic carbocycles. The summed E-state index contributed by atoms with van der Waals surface area (Å²) in [4.78, 5) is 25.9. The van der Waals surface area contributed by atoms with Crippen LogP contribution in [0.3, 0.4) is 0 Å². The van der Waals surface area contributed by atoms with Crippen LogP contribution in [0.25, 0.3) is 0 Å². The fourth-order valence-corrected chi connectivity index (χ4v) is 3.46. The smallest absolute Gasteiger partial charge is 0.339 e. The molecule has 0 radical (unpaired) electrons. The van der Waals surface area contributed by atoms with Gasteiger partial charge >= 0.3 is 5.97 Å². The summed E-state index contributed by atoms with van der Waals surface area (Å²) in [6, 6.07) is 5.23. The first-order chi connectivity index (χ1) is 13.0. The quantitative estimate of drug-likeness (QED) is 0.865. The summed E-state index contributed by atoms with van der Waals surface area (Å²) in [6.45, 7) is 2.90. The fourth-order valence-electron chi connectivity index (χ4n) is 3.46. The average Bonchev–Trinajstić information content (AvgIpc) is 3.08. The van der Waals surface area contributed by atoms with Crippen molar-refractivity contribution >= 4 is 11.9 Å². The standard InChI is InChI=1S/C19H23N3O5/c1-12-16(19(24)25)11-20-22(12)13-6-8-21(9-7-13)18(23)15-5-4-14(26-2)10-17(15)27-3/h4-5,10-11,13H,6-9H2,1-3H3,(H,24,25). The van der Waals surface area contributed by atoms with Gasteiger partial charge in [0.25, 0.3) is 5.91 Å². The maximum Gasteiger partial charge on any atom is 0.339 e. The zero-order valence-corrected chi connectivity index (χ0v) is 15.6. The Bertz CT molecular complexity index is 853. The lowest BCUT2D eigenvalue weighted by molar-refractivity contribution is 0.0685. The molecule has 1 saturated heterocycles. The topological polar surface area (TPSA) is 93.9 Å². The first-order valence-corrected chi connectivity index (χ1v) is 8.75. The van der Waals surface area contributed by atoms with Gasteiger partial charge in [0.2, 0.25) is 0 Å². The van der Waals surface area contributed by atoms with E-state index in [1.807, 2.05) is 0 Å². The van der Waals surface area contributed by atoms with Crippen LogP contribution in [-0.4, -0.2) is 59.0 Å². The fraction of sp³-hybridized carbons (Fsp3) is 0.421. The van der Waals surface area contributed by atoms with Crippen LogP contribution in [0.4, 0.5) is 0 Å². The zero-order valence-electron chi connectivity index (χ0n) is 15.6. The van der Waals surface area contributed by atoms with Gasteiger partial charge in [-0.25, -0.2) is 4.79 Å². The van der Waals surface area contributed by atoms with Crippen molar-refractivity contribution in [1.29, 1.82) is 0 Å². The molecule has 0 atom stereocenters. The second-order valence-electron chi connectivity index (χ2n) is 6.48. The van der Waals surface area contributed by atoms with E-state index in [9.17, 15) is 14.7 Å². The number of carbonyl (C=O) groups excluding carboxylic acids is 1. The summed E-state index contributed by atoms with van der Waals surface area (Å²) in [7, 11) is 3.09. The van der Waals surface area contributed by atoms with Crippen molar-refractivity contribution in [2.45, 2.75) is 25.8 Å². The summed E-state index contributed by atoms with van der Waals surface area (Å²) in [5.41, 5.74) is 1.36. The highest BCUT2D eigenvalue weighted by molar-refractivity contribution is 5.97. The van der Waals surface area contributed by atoms with Gasteiger partial charge in [0.05, 0.1) is 37.7 Å². The number of hydrogen-bond donors (Lipinski definition) is 1. The third-order valence-electron chi connectivity index (χ3n) is 5.01. The maximum absolute atomic E-state index is 12.9. The SMILES string of the molecule is COc1ccc(C(=O)N2CCC(n3ncc(C(=O)O)c3C)CC2)c(OC)c1. The highest BCUT2D eigenvalue weighted by atomic mass is 16.5. The van der Waals surface area contributed by atoms with E-state index >= 15 is 0 Å². The third kappa shape index (κ3) is 3.60. The minimum Gasteiger partial charge on any atom is -0.497 e. The molecule has 0 spiro atoms. The van der Waals surface area contributed by atoms with Crippen LogP contribution in [0.15, 0.2) is 24.4 Å². The Kier molecular flexibility index (Phi) is 5.34. The number of nitrogens with zero attached hydrogens (tertiary/aromatic N) is 3. The lowest BCUT2D eigenvalue weighted by atomic mass is 10.0. The Morgan fingerprint density at radius 2 is 1.85 bits per heavy atom. The number of amides is 1. The van der Waals surface area contributed by atoms with Gasteiger partial charge in [0, 0.05) is 19.2 Å². The van der Waals surface area contributed by atoms with Crippen LogP contribution >= 0.6 is 0 Å². The van der Waals surface area contributed by atoms with E-state index in [4.69, 9.17) is 9.47 Å². The molecule has 0 bridgehead atoms. The minimum absolute atomic E-state index is 0.0833. The number of aromatic nitrogens is 2. The van der Waals surface area contributed by atoms with E-state index in [-0.39, 0.29) is 17.5 Å². The average molecular weight is 373 g/mol. The molecule has 1 amide bonds.